The fourth-order valence-electron chi connectivity index (χ4n) is 1.75. The van der Waals surface area contributed by atoms with E-state index in [1.807, 2.05) is 24.3 Å². The smallest absolute Gasteiger partial charge is 0.240 e. The highest BCUT2D eigenvalue weighted by Crippen LogP contribution is 2.18. The largest absolute Gasteiger partial charge is 0.376 e. The zero-order valence-electron chi connectivity index (χ0n) is 9.27. The number of nitrogens with two attached hydrogens (primary N) is 1. The molecule has 4 N–H and O–H groups in total. The fraction of sp³-hybridized carbons (Fsp3) is 0.273. The third kappa shape index (κ3) is 2.92. The highest BCUT2D eigenvalue weighted by Gasteiger charge is 2.18. The minimum absolute atomic E-state index is 0.0892. The lowest BCUT2D eigenvalue weighted by atomic mass is 10.2. The number of amides is 1. The van der Waals surface area contributed by atoms with E-state index in [9.17, 15) is 4.79 Å². The first-order valence-corrected chi connectivity index (χ1v) is 5.75. The SMILES string of the molecule is NC(=S)Nc1ccc(N2CCNCC2=O)cc1. The second-order valence-corrected chi connectivity index (χ2v) is 4.20. The van der Waals surface area contributed by atoms with Crippen LogP contribution >= 0.6 is 12.2 Å². The molecular weight excluding hydrogens is 236 g/mol. The maximum absolute atomic E-state index is 11.7. The Hall–Kier alpha value is -1.66. The van der Waals surface area contributed by atoms with Crippen molar-refractivity contribution in [3.8, 4) is 0 Å². The summed E-state index contributed by atoms with van der Waals surface area (Å²) in [5.74, 6) is 0.0892. The molecule has 1 aliphatic rings. The number of thiocarbonyl (C=S) groups is 1. The molecule has 17 heavy (non-hydrogen) atoms. The van der Waals surface area contributed by atoms with Gasteiger partial charge in [0.2, 0.25) is 5.91 Å². The summed E-state index contributed by atoms with van der Waals surface area (Å²) in [7, 11) is 0. The van der Waals surface area contributed by atoms with Crippen molar-refractivity contribution >= 4 is 34.6 Å². The van der Waals surface area contributed by atoms with Crippen LogP contribution in [-0.4, -0.2) is 30.7 Å². The molecule has 0 bridgehead atoms. The number of hydrogen-bond donors (Lipinski definition) is 3. The molecule has 6 heteroatoms. The third-order valence-electron chi connectivity index (χ3n) is 2.54. The normalized spacial score (nSPS) is 15.8. The predicted molar refractivity (Wildman–Crippen MR) is 72.1 cm³/mol. The van der Waals surface area contributed by atoms with Gasteiger partial charge in [0.25, 0.3) is 0 Å². The molecule has 1 heterocycles. The van der Waals surface area contributed by atoms with E-state index in [0.29, 0.717) is 13.1 Å². The van der Waals surface area contributed by atoms with Crippen molar-refractivity contribution in [2.45, 2.75) is 0 Å². The number of anilines is 2. The van der Waals surface area contributed by atoms with Crippen LogP contribution in [0, 0.1) is 0 Å². The van der Waals surface area contributed by atoms with E-state index >= 15 is 0 Å². The second-order valence-electron chi connectivity index (χ2n) is 3.76. The number of carbonyl (C=O) groups excluding carboxylic acids is 1. The van der Waals surface area contributed by atoms with Crippen LogP contribution in [0.1, 0.15) is 0 Å². The molecule has 1 aromatic rings. The van der Waals surface area contributed by atoms with E-state index in [4.69, 9.17) is 18.0 Å². The lowest BCUT2D eigenvalue weighted by molar-refractivity contribution is -0.118. The summed E-state index contributed by atoms with van der Waals surface area (Å²) < 4.78 is 0. The molecular formula is C11H14N4OS. The van der Waals surface area contributed by atoms with Crippen LogP contribution in [0.5, 0.6) is 0 Å². The topological polar surface area (TPSA) is 70.4 Å². The van der Waals surface area contributed by atoms with Gasteiger partial charge in [0.15, 0.2) is 5.11 Å². The summed E-state index contributed by atoms with van der Waals surface area (Å²) in [4.78, 5) is 13.4. The first-order valence-electron chi connectivity index (χ1n) is 5.34. The Morgan fingerprint density at radius 3 is 2.71 bits per heavy atom. The van der Waals surface area contributed by atoms with Crippen molar-refractivity contribution in [3.63, 3.8) is 0 Å². The van der Waals surface area contributed by atoms with Gasteiger partial charge in [-0.05, 0) is 36.5 Å². The molecule has 0 atom stereocenters. The van der Waals surface area contributed by atoms with E-state index in [2.05, 4.69) is 10.6 Å². The van der Waals surface area contributed by atoms with E-state index < -0.39 is 0 Å². The standard InChI is InChI=1S/C11H14N4OS/c12-11(17)14-8-1-3-9(4-2-8)15-6-5-13-7-10(15)16/h1-4,13H,5-7H2,(H3,12,14,17). The molecule has 5 nitrogen and oxygen atoms in total. The molecule has 2 rings (SSSR count). The average molecular weight is 250 g/mol. The summed E-state index contributed by atoms with van der Waals surface area (Å²) in [6.07, 6.45) is 0. The highest BCUT2D eigenvalue weighted by atomic mass is 32.1. The molecule has 1 aliphatic heterocycles. The van der Waals surface area contributed by atoms with Crippen LogP contribution in [0.4, 0.5) is 11.4 Å². The summed E-state index contributed by atoms with van der Waals surface area (Å²) >= 11 is 4.75. The molecule has 0 radical (unpaired) electrons. The van der Waals surface area contributed by atoms with E-state index in [1.165, 1.54) is 0 Å². The minimum atomic E-state index is 0.0892. The van der Waals surface area contributed by atoms with Gasteiger partial charge in [0.05, 0.1) is 6.54 Å². The van der Waals surface area contributed by atoms with Gasteiger partial charge in [-0.2, -0.15) is 0 Å². The van der Waals surface area contributed by atoms with Crippen LogP contribution in [0.2, 0.25) is 0 Å². The summed E-state index contributed by atoms with van der Waals surface area (Å²) in [5.41, 5.74) is 7.09. The number of hydrogen-bond acceptors (Lipinski definition) is 3. The van der Waals surface area contributed by atoms with Gasteiger partial charge in [-0.25, -0.2) is 0 Å². The Morgan fingerprint density at radius 1 is 1.41 bits per heavy atom. The van der Waals surface area contributed by atoms with Gasteiger partial charge in [0.1, 0.15) is 0 Å². The van der Waals surface area contributed by atoms with Gasteiger partial charge < -0.3 is 21.3 Å². The number of piperazine rings is 1. The molecule has 1 saturated heterocycles. The fourth-order valence-corrected chi connectivity index (χ4v) is 1.86. The van der Waals surface area contributed by atoms with Crippen molar-refractivity contribution in [1.82, 2.24) is 5.32 Å². The molecule has 0 saturated carbocycles. The average Bonchev–Trinajstić information content (AvgIpc) is 2.30. The number of nitrogens with zero attached hydrogens (tertiary/aromatic N) is 1. The molecule has 0 aliphatic carbocycles. The Labute approximate surface area is 105 Å². The molecule has 1 amide bonds. The molecule has 0 aromatic heterocycles. The second kappa shape index (κ2) is 5.11. The van der Waals surface area contributed by atoms with Crippen molar-refractivity contribution < 1.29 is 4.79 Å². The number of benzene rings is 1. The highest BCUT2D eigenvalue weighted by molar-refractivity contribution is 7.80. The Kier molecular flexibility index (Phi) is 3.55. The maximum Gasteiger partial charge on any atom is 0.240 e. The number of carbonyl (C=O) groups is 1. The van der Waals surface area contributed by atoms with Gasteiger partial charge in [-0.1, -0.05) is 0 Å². The van der Waals surface area contributed by atoms with Crippen LogP contribution in [0.25, 0.3) is 0 Å². The van der Waals surface area contributed by atoms with E-state index in [1.54, 1.807) is 4.90 Å². The number of rotatable bonds is 2. The van der Waals surface area contributed by atoms with Crippen molar-refractivity contribution in [2.75, 3.05) is 29.9 Å². The monoisotopic (exact) mass is 250 g/mol. The Morgan fingerprint density at radius 2 is 2.12 bits per heavy atom. The third-order valence-corrected chi connectivity index (χ3v) is 2.64. The zero-order chi connectivity index (χ0) is 12.3. The first-order chi connectivity index (χ1) is 8.16. The molecule has 1 aromatic carbocycles. The minimum Gasteiger partial charge on any atom is -0.376 e. The molecule has 0 unspecified atom stereocenters. The predicted octanol–water partition coefficient (Wildman–Crippen LogP) is 0.278. The Bertz CT molecular complexity index is 432. The Balaban J connectivity index is 2.11. The van der Waals surface area contributed by atoms with Crippen LogP contribution in [0.15, 0.2) is 24.3 Å². The van der Waals surface area contributed by atoms with Crippen LogP contribution < -0.4 is 21.3 Å². The summed E-state index contributed by atoms with van der Waals surface area (Å²) in [6, 6.07) is 7.46. The lowest BCUT2D eigenvalue weighted by Gasteiger charge is -2.27. The van der Waals surface area contributed by atoms with Crippen LogP contribution in [0.3, 0.4) is 0 Å². The quantitative estimate of drug-likeness (QED) is 0.658. The number of nitrogens with one attached hydrogen (secondary N) is 2. The molecule has 90 valence electrons. The van der Waals surface area contributed by atoms with Gasteiger partial charge in [0, 0.05) is 24.5 Å². The van der Waals surface area contributed by atoms with Gasteiger partial charge >= 0.3 is 0 Å². The summed E-state index contributed by atoms with van der Waals surface area (Å²) in [5, 5.41) is 6.11. The van der Waals surface area contributed by atoms with E-state index in [-0.39, 0.29) is 11.0 Å². The lowest BCUT2D eigenvalue weighted by Crippen LogP contribution is -2.48. The molecule has 0 spiro atoms. The first kappa shape index (κ1) is 11.8. The molecule has 1 fully saturated rings. The van der Waals surface area contributed by atoms with E-state index in [0.717, 1.165) is 17.9 Å². The van der Waals surface area contributed by atoms with Gasteiger partial charge in [-0.3, -0.25) is 4.79 Å². The van der Waals surface area contributed by atoms with Crippen molar-refractivity contribution in [2.24, 2.45) is 5.73 Å². The van der Waals surface area contributed by atoms with Gasteiger partial charge in [-0.15, -0.1) is 0 Å². The maximum atomic E-state index is 11.7. The zero-order valence-corrected chi connectivity index (χ0v) is 10.1. The summed E-state index contributed by atoms with van der Waals surface area (Å²) in [6.45, 7) is 1.91. The van der Waals surface area contributed by atoms with Crippen molar-refractivity contribution in [3.05, 3.63) is 24.3 Å². The van der Waals surface area contributed by atoms with Crippen molar-refractivity contribution in [1.29, 1.82) is 0 Å². The van der Waals surface area contributed by atoms with Crippen LogP contribution in [-0.2, 0) is 4.79 Å².